The first-order valence-corrected chi connectivity index (χ1v) is 8.53. The van der Waals surface area contributed by atoms with E-state index in [2.05, 4.69) is 12.2 Å². The molecule has 2 N–H and O–H groups in total. The molecule has 1 aliphatic rings. The van der Waals surface area contributed by atoms with Crippen LogP contribution in [0.15, 0.2) is 0 Å². The molecule has 1 saturated carbocycles. The van der Waals surface area contributed by atoms with Crippen LogP contribution in [0.5, 0.6) is 0 Å². The van der Waals surface area contributed by atoms with Gasteiger partial charge in [-0.15, -0.1) is 0 Å². The molecule has 0 aromatic heterocycles. The Labute approximate surface area is 124 Å². The number of hydrogen-bond acceptors (Lipinski definition) is 2. The van der Waals surface area contributed by atoms with Crippen molar-refractivity contribution >= 4 is 5.91 Å². The lowest BCUT2D eigenvalue weighted by molar-refractivity contribution is -0.129. The Balaban J connectivity index is 2.42. The fourth-order valence-corrected chi connectivity index (χ4v) is 3.26. The highest BCUT2D eigenvalue weighted by Crippen LogP contribution is 2.32. The van der Waals surface area contributed by atoms with E-state index < -0.39 is 5.54 Å². The van der Waals surface area contributed by atoms with Crippen molar-refractivity contribution in [2.75, 3.05) is 6.61 Å². The number of rotatable bonds is 8. The Morgan fingerprint density at radius 2 is 1.75 bits per heavy atom. The maximum Gasteiger partial charge on any atom is 0.223 e. The highest BCUT2D eigenvalue weighted by molar-refractivity contribution is 5.79. The maximum absolute atomic E-state index is 12.4. The van der Waals surface area contributed by atoms with Crippen molar-refractivity contribution in [1.29, 1.82) is 0 Å². The summed E-state index contributed by atoms with van der Waals surface area (Å²) in [4.78, 5) is 12.4. The van der Waals surface area contributed by atoms with E-state index in [0.29, 0.717) is 0 Å². The Bertz CT molecular complexity index is 270. The number of carbonyl (C=O) groups excluding carboxylic acids is 1. The summed E-state index contributed by atoms with van der Waals surface area (Å²) in [5.41, 5.74) is -0.407. The van der Waals surface area contributed by atoms with Gasteiger partial charge >= 0.3 is 0 Å². The van der Waals surface area contributed by atoms with Crippen molar-refractivity contribution in [2.24, 2.45) is 11.8 Å². The van der Waals surface area contributed by atoms with Gasteiger partial charge in [0.1, 0.15) is 0 Å². The molecule has 0 aromatic carbocycles. The summed E-state index contributed by atoms with van der Waals surface area (Å²) in [5, 5.41) is 12.7. The van der Waals surface area contributed by atoms with Crippen molar-refractivity contribution in [3.8, 4) is 0 Å². The summed E-state index contributed by atoms with van der Waals surface area (Å²) in [7, 11) is 0. The summed E-state index contributed by atoms with van der Waals surface area (Å²) < 4.78 is 0. The molecule has 0 aliphatic heterocycles. The van der Waals surface area contributed by atoms with Crippen LogP contribution in [0.2, 0.25) is 0 Å². The highest BCUT2D eigenvalue weighted by Gasteiger charge is 2.32. The average molecular weight is 283 g/mol. The zero-order valence-corrected chi connectivity index (χ0v) is 13.6. The van der Waals surface area contributed by atoms with Gasteiger partial charge in [-0.1, -0.05) is 40.0 Å². The molecule has 20 heavy (non-hydrogen) atoms. The molecule has 0 atom stereocenters. The van der Waals surface area contributed by atoms with Crippen LogP contribution in [0.25, 0.3) is 0 Å². The highest BCUT2D eigenvalue weighted by atomic mass is 16.3. The molecule has 1 rings (SSSR count). The van der Waals surface area contributed by atoms with E-state index in [9.17, 15) is 9.90 Å². The second-order valence-electron chi connectivity index (χ2n) is 6.49. The monoisotopic (exact) mass is 283 g/mol. The van der Waals surface area contributed by atoms with Gasteiger partial charge in [0.15, 0.2) is 0 Å². The first-order valence-electron chi connectivity index (χ1n) is 8.53. The average Bonchev–Trinajstić information content (AvgIpc) is 2.51. The van der Waals surface area contributed by atoms with Crippen LogP contribution in [-0.2, 0) is 4.79 Å². The Morgan fingerprint density at radius 1 is 1.15 bits per heavy atom. The van der Waals surface area contributed by atoms with Gasteiger partial charge in [0.25, 0.3) is 0 Å². The van der Waals surface area contributed by atoms with Crippen LogP contribution in [-0.4, -0.2) is 23.2 Å². The van der Waals surface area contributed by atoms with Crippen molar-refractivity contribution in [1.82, 2.24) is 5.32 Å². The quantitative estimate of drug-likeness (QED) is 0.714. The molecule has 3 heteroatoms. The zero-order chi connectivity index (χ0) is 15.0. The summed E-state index contributed by atoms with van der Waals surface area (Å²) >= 11 is 0. The van der Waals surface area contributed by atoms with Crippen molar-refractivity contribution in [3.05, 3.63) is 0 Å². The molecule has 0 saturated heterocycles. The summed E-state index contributed by atoms with van der Waals surface area (Å²) in [5.74, 6) is 1.16. The van der Waals surface area contributed by atoms with Crippen LogP contribution < -0.4 is 5.32 Å². The van der Waals surface area contributed by atoms with Crippen molar-refractivity contribution in [2.45, 2.75) is 84.1 Å². The number of hydrogen-bond donors (Lipinski definition) is 2. The molecule has 0 unspecified atom stereocenters. The number of aliphatic hydroxyl groups is 1. The van der Waals surface area contributed by atoms with Crippen LogP contribution in [0, 0.1) is 11.8 Å². The minimum Gasteiger partial charge on any atom is -0.394 e. The lowest BCUT2D eigenvalue weighted by Gasteiger charge is -2.34. The molecule has 0 radical (unpaired) electrons. The Hall–Kier alpha value is -0.570. The van der Waals surface area contributed by atoms with Gasteiger partial charge in [-0.05, 0) is 44.4 Å². The third kappa shape index (κ3) is 4.76. The predicted molar refractivity (Wildman–Crippen MR) is 83.5 cm³/mol. The second-order valence-corrected chi connectivity index (χ2v) is 6.49. The first kappa shape index (κ1) is 17.5. The van der Waals surface area contributed by atoms with E-state index >= 15 is 0 Å². The van der Waals surface area contributed by atoms with Gasteiger partial charge in [0.2, 0.25) is 5.91 Å². The minimum absolute atomic E-state index is 0.0393. The van der Waals surface area contributed by atoms with E-state index in [4.69, 9.17) is 0 Å². The second kappa shape index (κ2) is 8.66. The molecule has 0 bridgehead atoms. The normalized spacial score (nSPS) is 23.6. The fraction of sp³-hybridized carbons (Fsp3) is 0.941. The topological polar surface area (TPSA) is 49.3 Å². The van der Waals surface area contributed by atoms with E-state index in [1.54, 1.807) is 0 Å². The predicted octanol–water partition coefficient (Wildman–Crippen LogP) is 3.65. The molecule has 0 spiro atoms. The fourth-order valence-electron chi connectivity index (χ4n) is 3.26. The van der Waals surface area contributed by atoms with Gasteiger partial charge in [-0.2, -0.15) is 0 Å². The van der Waals surface area contributed by atoms with E-state index in [1.807, 2.05) is 13.8 Å². The van der Waals surface area contributed by atoms with Crippen LogP contribution in [0.4, 0.5) is 0 Å². The molecule has 0 heterocycles. The molecule has 118 valence electrons. The van der Waals surface area contributed by atoms with E-state index in [1.165, 1.54) is 32.1 Å². The van der Waals surface area contributed by atoms with Gasteiger partial charge in [0, 0.05) is 5.92 Å². The smallest absolute Gasteiger partial charge is 0.223 e. The minimum atomic E-state index is -0.407. The SMILES string of the molecule is CCCCC1CCC(C(=O)NC(CC)(CC)CO)CC1. The van der Waals surface area contributed by atoms with Crippen molar-refractivity contribution in [3.63, 3.8) is 0 Å². The Kier molecular flexibility index (Phi) is 7.57. The van der Waals surface area contributed by atoms with Crippen molar-refractivity contribution < 1.29 is 9.90 Å². The van der Waals surface area contributed by atoms with Gasteiger partial charge in [0.05, 0.1) is 12.1 Å². The number of aliphatic hydroxyl groups excluding tert-OH is 1. The van der Waals surface area contributed by atoms with Gasteiger partial charge < -0.3 is 10.4 Å². The summed E-state index contributed by atoms with van der Waals surface area (Å²) in [6.45, 7) is 6.34. The lowest BCUT2D eigenvalue weighted by atomic mass is 9.79. The maximum atomic E-state index is 12.4. The van der Waals surface area contributed by atoms with Gasteiger partial charge in [-0.3, -0.25) is 4.79 Å². The molecular formula is C17H33NO2. The number of carbonyl (C=O) groups is 1. The molecular weight excluding hydrogens is 250 g/mol. The standard InChI is InChI=1S/C17H33NO2/c1-4-7-8-14-9-11-15(12-10-14)16(20)18-17(5-2,6-3)13-19/h14-15,19H,4-13H2,1-3H3,(H,18,20). The first-order chi connectivity index (χ1) is 9.60. The van der Waals surface area contributed by atoms with Crippen LogP contribution in [0.3, 0.4) is 0 Å². The molecule has 1 fully saturated rings. The summed E-state index contributed by atoms with van der Waals surface area (Å²) in [6.07, 6.45) is 9.94. The molecule has 3 nitrogen and oxygen atoms in total. The number of nitrogens with one attached hydrogen (secondary N) is 1. The number of unbranched alkanes of at least 4 members (excludes halogenated alkanes) is 1. The largest absolute Gasteiger partial charge is 0.394 e. The number of amides is 1. The lowest BCUT2D eigenvalue weighted by Crippen LogP contribution is -2.52. The molecule has 1 aliphatic carbocycles. The van der Waals surface area contributed by atoms with Crippen LogP contribution >= 0.6 is 0 Å². The third-order valence-electron chi connectivity index (χ3n) is 5.23. The van der Waals surface area contributed by atoms with E-state index in [0.717, 1.165) is 31.6 Å². The van der Waals surface area contributed by atoms with Gasteiger partial charge in [-0.25, -0.2) is 0 Å². The van der Waals surface area contributed by atoms with Crippen LogP contribution in [0.1, 0.15) is 78.6 Å². The van der Waals surface area contributed by atoms with E-state index in [-0.39, 0.29) is 18.4 Å². The zero-order valence-electron chi connectivity index (χ0n) is 13.6. The summed E-state index contributed by atoms with van der Waals surface area (Å²) in [6, 6.07) is 0. The molecule has 0 aromatic rings. The molecule has 1 amide bonds. The third-order valence-corrected chi connectivity index (χ3v) is 5.23. The Morgan fingerprint density at radius 3 is 2.20 bits per heavy atom.